The molecule has 5 nitrogen and oxygen atoms in total. The van der Waals surface area contributed by atoms with E-state index in [1.165, 1.54) is 0 Å². The zero-order valence-electron chi connectivity index (χ0n) is 9.71. The minimum atomic E-state index is -3.70. The monoisotopic (exact) mass is 320 g/mol. The molecule has 0 radical (unpaired) electrons. The summed E-state index contributed by atoms with van der Waals surface area (Å²) < 4.78 is 35.1. The quantitative estimate of drug-likeness (QED) is 0.842. The molecule has 1 aromatic carbocycles. The molecule has 0 heterocycles. The van der Waals surface area contributed by atoms with E-state index in [-0.39, 0.29) is 26.1 Å². The van der Waals surface area contributed by atoms with Crippen molar-refractivity contribution in [2.45, 2.75) is 9.79 Å². The van der Waals surface area contributed by atoms with Gasteiger partial charge in [0.2, 0.25) is 0 Å². The average molecular weight is 321 g/mol. The molecule has 0 bridgehead atoms. The van der Waals surface area contributed by atoms with Crippen LogP contribution in [0, 0.1) is 12.3 Å². The topological polar surface area (TPSA) is 88.5 Å². The molecule has 0 amide bonds. The van der Waals surface area contributed by atoms with Gasteiger partial charge in [-0.3, -0.25) is 4.21 Å². The third-order valence-electron chi connectivity index (χ3n) is 2.13. The van der Waals surface area contributed by atoms with Crippen molar-refractivity contribution in [2.75, 3.05) is 12.0 Å². The van der Waals surface area contributed by atoms with E-state index in [1.54, 1.807) is 0 Å². The fourth-order valence-electron chi connectivity index (χ4n) is 1.36. The first kappa shape index (κ1) is 15.7. The Balaban J connectivity index is 3.71. The fourth-order valence-corrected chi connectivity index (χ4v) is 4.30. The highest BCUT2D eigenvalue weighted by atomic mass is 35.5. The van der Waals surface area contributed by atoms with Crippen molar-refractivity contribution in [2.24, 2.45) is 0 Å². The lowest BCUT2D eigenvalue weighted by Crippen LogP contribution is -2.10. The van der Waals surface area contributed by atoms with Gasteiger partial charge in [-0.1, -0.05) is 17.5 Å². The van der Waals surface area contributed by atoms with E-state index in [2.05, 4.69) is 5.92 Å². The van der Waals surface area contributed by atoms with Gasteiger partial charge in [0.25, 0.3) is 0 Å². The molecular formula is C11H9ClO5S2. The van der Waals surface area contributed by atoms with Crippen molar-refractivity contribution >= 4 is 38.2 Å². The van der Waals surface area contributed by atoms with Crippen molar-refractivity contribution in [1.29, 1.82) is 0 Å². The number of hydrogen-bond acceptors (Lipinski definition) is 4. The molecule has 0 aliphatic rings. The number of halogens is 1. The Bertz CT molecular complexity index is 701. The van der Waals surface area contributed by atoms with Crippen molar-refractivity contribution < 1.29 is 22.5 Å². The van der Waals surface area contributed by atoms with Gasteiger partial charge >= 0.3 is 5.97 Å². The summed E-state index contributed by atoms with van der Waals surface area (Å²) in [6, 6.07) is 2.12. The van der Waals surface area contributed by atoms with Crippen LogP contribution in [-0.2, 0) is 20.6 Å². The molecule has 0 aliphatic carbocycles. The highest BCUT2D eigenvalue weighted by Gasteiger charge is 2.24. The molecule has 8 heteroatoms. The molecular weight excluding hydrogens is 312 g/mol. The lowest BCUT2D eigenvalue weighted by Gasteiger charge is -2.10. The minimum absolute atomic E-state index is 0.259. The standard InChI is InChI=1S/C11H9ClO5S2/c1-3-6-18(15)10-8(19(2,16)17)5-4-7(9(10)12)11(13)14/h1,4-5H,6H2,2H3,(H,13,14). The predicted octanol–water partition coefficient (Wildman–Crippen LogP) is 1.18. The summed E-state index contributed by atoms with van der Waals surface area (Å²) >= 11 is 5.84. The number of rotatable bonds is 4. The smallest absolute Gasteiger partial charge is 0.337 e. The number of benzene rings is 1. The summed E-state index contributed by atoms with van der Waals surface area (Å²) in [5.74, 6) is 0.517. The molecule has 0 aliphatic heterocycles. The van der Waals surface area contributed by atoms with Crippen LogP contribution in [0.25, 0.3) is 0 Å². The predicted molar refractivity (Wildman–Crippen MR) is 71.6 cm³/mol. The molecule has 19 heavy (non-hydrogen) atoms. The molecule has 1 atom stereocenters. The largest absolute Gasteiger partial charge is 0.478 e. The van der Waals surface area contributed by atoms with Gasteiger partial charge in [0.15, 0.2) is 9.84 Å². The Morgan fingerprint density at radius 2 is 2.11 bits per heavy atom. The van der Waals surface area contributed by atoms with Crippen molar-refractivity contribution in [3.8, 4) is 12.3 Å². The summed E-state index contributed by atoms with van der Waals surface area (Å²) in [5.41, 5.74) is -0.325. The Kier molecular flexibility index (Phi) is 4.74. The van der Waals surface area contributed by atoms with E-state index < -0.39 is 26.6 Å². The van der Waals surface area contributed by atoms with Crippen molar-refractivity contribution in [1.82, 2.24) is 0 Å². The first-order chi connectivity index (χ1) is 8.70. The average Bonchev–Trinajstić information content (AvgIpc) is 2.26. The van der Waals surface area contributed by atoms with E-state index in [0.29, 0.717) is 0 Å². The number of carboxylic acids is 1. The second-order valence-corrected chi connectivity index (χ2v) is 7.28. The first-order valence-electron chi connectivity index (χ1n) is 4.77. The number of aromatic carboxylic acids is 1. The Labute approximate surface area is 118 Å². The van der Waals surface area contributed by atoms with E-state index in [0.717, 1.165) is 18.4 Å². The van der Waals surface area contributed by atoms with E-state index >= 15 is 0 Å². The minimum Gasteiger partial charge on any atom is -0.478 e. The Morgan fingerprint density at radius 1 is 1.53 bits per heavy atom. The molecule has 1 rings (SSSR count). The summed E-state index contributed by atoms with van der Waals surface area (Å²) in [4.78, 5) is 10.4. The maximum absolute atomic E-state index is 11.9. The number of carbonyl (C=O) groups is 1. The molecule has 1 unspecified atom stereocenters. The van der Waals surface area contributed by atoms with E-state index in [4.69, 9.17) is 23.1 Å². The first-order valence-corrected chi connectivity index (χ1v) is 8.36. The summed E-state index contributed by atoms with van der Waals surface area (Å²) in [7, 11) is -5.59. The van der Waals surface area contributed by atoms with Gasteiger partial charge in [0.05, 0.1) is 36.9 Å². The van der Waals surface area contributed by atoms with Crippen LogP contribution in [0.15, 0.2) is 21.9 Å². The zero-order valence-corrected chi connectivity index (χ0v) is 12.1. The molecule has 0 spiro atoms. The maximum atomic E-state index is 11.9. The summed E-state index contributed by atoms with van der Waals surface area (Å²) in [6.45, 7) is 0. The highest BCUT2D eigenvalue weighted by molar-refractivity contribution is 7.92. The third-order valence-corrected chi connectivity index (χ3v) is 5.21. The van der Waals surface area contributed by atoms with Gasteiger partial charge in [0, 0.05) is 6.26 Å². The SMILES string of the molecule is C#CCS(=O)c1c(S(C)(=O)=O)ccc(C(=O)O)c1Cl. The van der Waals surface area contributed by atoms with Crippen LogP contribution in [-0.4, -0.2) is 35.7 Å². The molecule has 0 saturated heterocycles. The van der Waals surface area contributed by atoms with Gasteiger partial charge in [-0.25, -0.2) is 13.2 Å². The highest BCUT2D eigenvalue weighted by Crippen LogP contribution is 2.31. The molecule has 1 aromatic rings. The second kappa shape index (κ2) is 5.74. The van der Waals surface area contributed by atoms with Crippen LogP contribution < -0.4 is 0 Å². The Hall–Kier alpha value is -1.36. The maximum Gasteiger partial charge on any atom is 0.337 e. The van der Waals surface area contributed by atoms with E-state index in [1.807, 2.05) is 0 Å². The number of terminal acetylenes is 1. The van der Waals surface area contributed by atoms with Crippen molar-refractivity contribution in [3.63, 3.8) is 0 Å². The van der Waals surface area contributed by atoms with Crippen LogP contribution in [0.4, 0.5) is 0 Å². The van der Waals surface area contributed by atoms with E-state index in [9.17, 15) is 17.4 Å². The zero-order chi connectivity index (χ0) is 14.8. The van der Waals surface area contributed by atoms with Gasteiger partial charge in [0.1, 0.15) is 0 Å². The van der Waals surface area contributed by atoms with Crippen LogP contribution >= 0.6 is 11.6 Å². The molecule has 0 saturated carbocycles. The Morgan fingerprint density at radius 3 is 2.53 bits per heavy atom. The van der Waals surface area contributed by atoms with Crippen LogP contribution in [0.1, 0.15) is 10.4 Å². The summed E-state index contributed by atoms with van der Waals surface area (Å²) in [6.07, 6.45) is 5.93. The van der Waals surface area contributed by atoms with Crippen LogP contribution in [0.3, 0.4) is 0 Å². The van der Waals surface area contributed by atoms with Crippen molar-refractivity contribution in [3.05, 3.63) is 22.7 Å². The van der Waals surface area contributed by atoms with Gasteiger partial charge < -0.3 is 5.11 Å². The number of carboxylic acid groups (broad SMARTS) is 1. The normalized spacial score (nSPS) is 12.7. The lowest BCUT2D eigenvalue weighted by molar-refractivity contribution is 0.0696. The summed E-state index contributed by atoms with van der Waals surface area (Å²) in [5, 5.41) is 8.55. The lowest BCUT2D eigenvalue weighted by atomic mass is 10.2. The molecule has 102 valence electrons. The molecule has 1 N–H and O–H groups in total. The number of sulfone groups is 1. The third kappa shape index (κ3) is 3.35. The van der Waals surface area contributed by atoms with Gasteiger partial charge in [-0.2, -0.15) is 0 Å². The molecule has 0 fully saturated rings. The van der Waals surface area contributed by atoms with Gasteiger partial charge in [-0.05, 0) is 12.1 Å². The fraction of sp³-hybridized carbons (Fsp3) is 0.182. The van der Waals surface area contributed by atoms with Crippen LogP contribution in [0.5, 0.6) is 0 Å². The number of hydrogen-bond donors (Lipinski definition) is 1. The van der Waals surface area contributed by atoms with Gasteiger partial charge in [-0.15, -0.1) is 6.42 Å². The van der Waals surface area contributed by atoms with Crippen LogP contribution in [0.2, 0.25) is 5.02 Å². The second-order valence-electron chi connectivity index (χ2n) is 3.53. The molecule has 0 aromatic heterocycles.